The van der Waals surface area contributed by atoms with E-state index in [9.17, 15) is 8.42 Å². The molecule has 8 heteroatoms. The molecular formula is C18H25N3O4S. The van der Waals surface area contributed by atoms with Crippen LogP contribution in [0.25, 0.3) is 5.57 Å². The van der Waals surface area contributed by atoms with Crippen LogP contribution in [0.3, 0.4) is 0 Å². The Balaban J connectivity index is 2.02. The summed E-state index contributed by atoms with van der Waals surface area (Å²) >= 11 is 0. The lowest BCUT2D eigenvalue weighted by molar-refractivity contribution is 0.330. The van der Waals surface area contributed by atoms with Crippen molar-refractivity contribution < 1.29 is 17.7 Å². The third-order valence-corrected chi connectivity index (χ3v) is 6.66. The fourth-order valence-corrected chi connectivity index (χ4v) is 5.14. The molecule has 0 aliphatic heterocycles. The van der Waals surface area contributed by atoms with Gasteiger partial charge in [-0.1, -0.05) is 11.2 Å². The molecule has 0 fully saturated rings. The summed E-state index contributed by atoms with van der Waals surface area (Å²) in [6, 6.07) is 0. The maximum Gasteiger partial charge on any atom is 0.219 e. The van der Waals surface area contributed by atoms with Gasteiger partial charge < -0.3 is 9.26 Å². The average molecular weight is 379 g/mol. The van der Waals surface area contributed by atoms with Gasteiger partial charge in [-0.25, -0.2) is 8.42 Å². The highest BCUT2D eigenvalue weighted by Gasteiger charge is 2.34. The monoisotopic (exact) mass is 379 g/mol. The summed E-state index contributed by atoms with van der Waals surface area (Å²) in [5.41, 5.74) is 2.69. The molecule has 2 aromatic rings. The summed E-state index contributed by atoms with van der Waals surface area (Å²) in [4.78, 5) is 0. The van der Waals surface area contributed by atoms with E-state index in [1.165, 1.54) is 0 Å². The SMILES string of the molecule is CCOc1cn(CC)nc1S(=O)(=O)C1C=C(c2c(C)noc2C)CCC1. The van der Waals surface area contributed by atoms with Gasteiger partial charge >= 0.3 is 0 Å². The lowest BCUT2D eigenvalue weighted by Crippen LogP contribution is -2.23. The van der Waals surface area contributed by atoms with E-state index < -0.39 is 15.1 Å². The molecule has 1 unspecified atom stereocenters. The van der Waals surface area contributed by atoms with Crippen LogP contribution in [0.15, 0.2) is 21.8 Å². The van der Waals surface area contributed by atoms with E-state index in [2.05, 4.69) is 10.3 Å². The highest BCUT2D eigenvalue weighted by Crippen LogP contribution is 2.36. The van der Waals surface area contributed by atoms with Gasteiger partial charge in [0, 0.05) is 12.1 Å². The highest BCUT2D eigenvalue weighted by atomic mass is 32.2. The molecule has 1 aliphatic rings. The molecule has 2 heterocycles. The molecule has 2 aromatic heterocycles. The number of nitrogens with zero attached hydrogens (tertiary/aromatic N) is 3. The molecule has 142 valence electrons. The van der Waals surface area contributed by atoms with Crippen molar-refractivity contribution in [1.29, 1.82) is 0 Å². The van der Waals surface area contributed by atoms with Crippen molar-refractivity contribution in [3.05, 3.63) is 29.3 Å². The Morgan fingerprint density at radius 1 is 1.35 bits per heavy atom. The Labute approximate surface area is 153 Å². The number of aryl methyl sites for hydroxylation is 3. The third kappa shape index (κ3) is 3.30. The van der Waals surface area contributed by atoms with Crippen molar-refractivity contribution in [3.8, 4) is 5.75 Å². The first kappa shape index (κ1) is 18.7. The number of hydrogen-bond donors (Lipinski definition) is 0. The summed E-state index contributed by atoms with van der Waals surface area (Å²) in [6.45, 7) is 8.44. The van der Waals surface area contributed by atoms with Crippen molar-refractivity contribution in [2.45, 2.75) is 63.8 Å². The van der Waals surface area contributed by atoms with Gasteiger partial charge in [0.05, 0.1) is 23.7 Å². The van der Waals surface area contributed by atoms with Crippen LogP contribution in [-0.4, -0.2) is 35.2 Å². The predicted molar refractivity (Wildman–Crippen MR) is 97.8 cm³/mol. The van der Waals surface area contributed by atoms with E-state index in [1.807, 2.05) is 33.8 Å². The lowest BCUT2D eigenvalue weighted by atomic mass is 9.92. The molecule has 0 saturated heterocycles. The van der Waals surface area contributed by atoms with Crippen molar-refractivity contribution in [1.82, 2.24) is 14.9 Å². The number of ether oxygens (including phenoxy) is 1. The minimum atomic E-state index is -3.64. The van der Waals surface area contributed by atoms with Crippen LogP contribution in [0.5, 0.6) is 5.75 Å². The first-order chi connectivity index (χ1) is 12.4. The minimum absolute atomic E-state index is 0.0301. The van der Waals surface area contributed by atoms with Crippen LogP contribution in [0.2, 0.25) is 0 Å². The topological polar surface area (TPSA) is 87.2 Å². The molecule has 0 amide bonds. The van der Waals surface area contributed by atoms with Gasteiger partial charge in [-0.3, -0.25) is 4.68 Å². The zero-order chi connectivity index (χ0) is 18.9. The summed E-state index contributed by atoms with van der Waals surface area (Å²) in [5, 5.41) is 7.65. The number of hydrogen-bond acceptors (Lipinski definition) is 6. The molecule has 0 saturated carbocycles. The van der Waals surface area contributed by atoms with Gasteiger partial charge in [-0.05, 0) is 52.5 Å². The fourth-order valence-electron chi connectivity index (χ4n) is 3.42. The Morgan fingerprint density at radius 3 is 2.73 bits per heavy atom. The molecule has 0 aromatic carbocycles. The third-order valence-electron chi connectivity index (χ3n) is 4.66. The van der Waals surface area contributed by atoms with Gasteiger partial charge in [0.15, 0.2) is 5.75 Å². The molecule has 0 spiro atoms. The number of sulfone groups is 1. The molecule has 0 bridgehead atoms. The van der Waals surface area contributed by atoms with Crippen molar-refractivity contribution in [2.24, 2.45) is 0 Å². The maximum atomic E-state index is 13.3. The molecule has 0 N–H and O–H groups in total. The maximum absolute atomic E-state index is 13.3. The fraction of sp³-hybridized carbons (Fsp3) is 0.556. The number of allylic oxidation sites excluding steroid dienone is 1. The second kappa shape index (κ2) is 7.26. The van der Waals surface area contributed by atoms with E-state index in [0.717, 1.165) is 35.4 Å². The predicted octanol–water partition coefficient (Wildman–Crippen LogP) is 3.32. The molecule has 7 nitrogen and oxygen atoms in total. The number of aromatic nitrogens is 3. The van der Waals surface area contributed by atoms with E-state index in [0.29, 0.717) is 25.3 Å². The van der Waals surface area contributed by atoms with E-state index in [-0.39, 0.29) is 5.03 Å². The van der Waals surface area contributed by atoms with Crippen LogP contribution < -0.4 is 4.74 Å². The molecule has 1 aliphatic carbocycles. The first-order valence-electron chi connectivity index (χ1n) is 8.96. The van der Waals surface area contributed by atoms with Crippen LogP contribution in [-0.2, 0) is 16.4 Å². The zero-order valence-corrected chi connectivity index (χ0v) is 16.5. The normalized spacial score (nSPS) is 18.0. The number of rotatable bonds is 6. The van der Waals surface area contributed by atoms with E-state index in [4.69, 9.17) is 9.26 Å². The first-order valence-corrected chi connectivity index (χ1v) is 10.5. The Bertz CT molecular complexity index is 905. The van der Waals surface area contributed by atoms with Gasteiger partial charge in [-0.15, -0.1) is 0 Å². The molecule has 1 atom stereocenters. The summed E-state index contributed by atoms with van der Waals surface area (Å²) in [6.07, 6.45) is 5.67. The summed E-state index contributed by atoms with van der Waals surface area (Å²) in [7, 11) is -3.64. The second-order valence-electron chi connectivity index (χ2n) is 6.45. The smallest absolute Gasteiger partial charge is 0.219 e. The van der Waals surface area contributed by atoms with Crippen LogP contribution in [0.4, 0.5) is 0 Å². The van der Waals surface area contributed by atoms with Crippen LogP contribution >= 0.6 is 0 Å². The van der Waals surface area contributed by atoms with E-state index >= 15 is 0 Å². The second-order valence-corrected chi connectivity index (χ2v) is 8.54. The average Bonchev–Trinajstić information content (AvgIpc) is 3.19. The molecule has 26 heavy (non-hydrogen) atoms. The Kier molecular flexibility index (Phi) is 5.22. The van der Waals surface area contributed by atoms with Gasteiger partial charge in [0.25, 0.3) is 0 Å². The molecule has 3 rings (SSSR count). The van der Waals surface area contributed by atoms with Gasteiger partial charge in [-0.2, -0.15) is 5.10 Å². The summed E-state index contributed by atoms with van der Waals surface area (Å²) in [5.74, 6) is 1.05. The lowest BCUT2D eigenvalue weighted by Gasteiger charge is -2.21. The zero-order valence-electron chi connectivity index (χ0n) is 15.7. The molecule has 0 radical (unpaired) electrons. The van der Waals surface area contributed by atoms with Crippen molar-refractivity contribution in [2.75, 3.05) is 6.61 Å². The minimum Gasteiger partial charge on any atom is -0.489 e. The van der Waals surface area contributed by atoms with Gasteiger partial charge in [0.1, 0.15) is 5.76 Å². The highest BCUT2D eigenvalue weighted by molar-refractivity contribution is 7.92. The van der Waals surface area contributed by atoms with Crippen molar-refractivity contribution in [3.63, 3.8) is 0 Å². The molecular weight excluding hydrogens is 354 g/mol. The standard InChI is InChI=1S/C18H25N3O4S/c1-5-21-11-16(24-6-2)18(19-21)26(22,23)15-9-7-8-14(10-15)17-12(3)20-25-13(17)4/h10-11,15H,5-9H2,1-4H3. The van der Waals surface area contributed by atoms with Crippen LogP contribution in [0, 0.1) is 13.8 Å². The quantitative estimate of drug-likeness (QED) is 0.765. The Hall–Kier alpha value is -2.09. The van der Waals surface area contributed by atoms with Crippen LogP contribution in [0.1, 0.15) is 50.1 Å². The van der Waals surface area contributed by atoms with Gasteiger partial charge in [0.2, 0.25) is 14.9 Å². The van der Waals surface area contributed by atoms with Crippen molar-refractivity contribution >= 4 is 15.4 Å². The largest absolute Gasteiger partial charge is 0.489 e. The Morgan fingerprint density at radius 2 is 2.12 bits per heavy atom. The summed E-state index contributed by atoms with van der Waals surface area (Å²) < 4.78 is 38.9. The van der Waals surface area contributed by atoms with E-state index in [1.54, 1.807) is 10.9 Å².